The van der Waals surface area contributed by atoms with Gasteiger partial charge in [0.05, 0.1) is 12.5 Å². The van der Waals surface area contributed by atoms with Crippen LogP contribution in [-0.2, 0) is 0 Å². The molecule has 0 saturated heterocycles. The summed E-state index contributed by atoms with van der Waals surface area (Å²) in [7, 11) is 0. The highest BCUT2D eigenvalue weighted by Gasteiger charge is 1.96. The minimum absolute atomic E-state index is 0.653. The lowest BCUT2D eigenvalue weighted by Crippen LogP contribution is -1.83. The summed E-state index contributed by atoms with van der Waals surface area (Å²) in [6.45, 7) is 0. The van der Waals surface area contributed by atoms with Crippen molar-refractivity contribution in [3.63, 3.8) is 0 Å². The molecule has 0 aliphatic heterocycles. The molecule has 0 fully saturated rings. The average Bonchev–Trinajstić information content (AvgIpc) is 1.35. The van der Waals surface area contributed by atoms with Crippen molar-refractivity contribution >= 4 is 0 Å². The average molecular weight is 91.1 g/mol. The highest BCUT2D eigenvalue weighted by molar-refractivity contribution is 4.69. The van der Waals surface area contributed by atoms with Crippen molar-refractivity contribution in [2.45, 2.75) is 12.8 Å². The number of halogens is 2. The molecule has 0 aromatic rings. The maximum Gasteiger partial charge on any atom is 0.251 e. The van der Waals surface area contributed by atoms with Gasteiger partial charge in [0, 0.05) is 0 Å². The zero-order valence-electron chi connectivity index (χ0n) is 2.99. The molecule has 0 aromatic heterocycles. The zero-order valence-corrected chi connectivity index (χ0v) is 2.99. The predicted octanol–water partition coefficient (Wildman–Crippen LogP) is 1.17. The first kappa shape index (κ1) is 5.35. The molecular weight excluding hydrogens is 88.0 g/mol. The largest absolute Gasteiger partial charge is 0.251 e. The molecule has 3 heteroatoms. The highest BCUT2D eigenvalue weighted by Crippen LogP contribution is 1.94. The number of nitrogens with zero attached hydrogens (tertiary/aromatic N) is 1. The van der Waals surface area contributed by atoms with E-state index >= 15 is 0 Å². The standard InChI is InChI=1S/C3H3F2N/c4-3(5)1-2-6/h3H,1H2. The van der Waals surface area contributed by atoms with E-state index in [9.17, 15) is 8.78 Å². The molecule has 0 radical (unpaired) electrons. The number of alkyl halides is 2. The molecule has 0 rings (SSSR count). The van der Waals surface area contributed by atoms with E-state index < -0.39 is 12.8 Å². The molecule has 0 saturated carbocycles. The second-order valence-electron chi connectivity index (χ2n) is 0.753. The molecule has 1 nitrogen and oxygen atoms in total. The molecule has 0 heterocycles. The third kappa shape index (κ3) is 3.35. The Labute approximate surface area is 34.2 Å². The van der Waals surface area contributed by atoms with E-state index in [0.29, 0.717) is 0 Å². The third-order valence-electron chi connectivity index (χ3n) is 0.246. The van der Waals surface area contributed by atoms with Crippen LogP contribution in [0.4, 0.5) is 8.78 Å². The van der Waals surface area contributed by atoms with Gasteiger partial charge in [0.2, 0.25) is 0 Å². The van der Waals surface area contributed by atoms with Gasteiger partial charge in [0.25, 0.3) is 6.43 Å². The lowest BCUT2D eigenvalue weighted by molar-refractivity contribution is 0.154. The fraction of sp³-hybridized carbons (Fsp3) is 0.667. The van der Waals surface area contributed by atoms with E-state index in [0.717, 1.165) is 0 Å². The second kappa shape index (κ2) is 2.58. The van der Waals surface area contributed by atoms with Crippen LogP contribution in [0.1, 0.15) is 6.42 Å². The molecule has 0 unspecified atom stereocenters. The van der Waals surface area contributed by atoms with Crippen molar-refractivity contribution in [2.24, 2.45) is 0 Å². The molecule has 6 heavy (non-hydrogen) atoms. The Morgan fingerprint density at radius 3 is 2.17 bits per heavy atom. The van der Waals surface area contributed by atoms with Crippen LogP contribution in [0.15, 0.2) is 0 Å². The molecule has 0 spiro atoms. The van der Waals surface area contributed by atoms with Crippen molar-refractivity contribution in [3.05, 3.63) is 0 Å². The van der Waals surface area contributed by atoms with Crippen molar-refractivity contribution in [2.75, 3.05) is 0 Å². The van der Waals surface area contributed by atoms with Crippen LogP contribution in [0.2, 0.25) is 0 Å². The van der Waals surface area contributed by atoms with E-state index in [-0.39, 0.29) is 0 Å². The van der Waals surface area contributed by atoms with Gasteiger partial charge in [-0.25, -0.2) is 8.78 Å². The quantitative estimate of drug-likeness (QED) is 0.475. The summed E-state index contributed by atoms with van der Waals surface area (Å²) in [5.41, 5.74) is 0. The van der Waals surface area contributed by atoms with Gasteiger partial charge in [-0.05, 0) is 0 Å². The van der Waals surface area contributed by atoms with Gasteiger partial charge < -0.3 is 0 Å². The molecule has 0 aromatic carbocycles. The van der Waals surface area contributed by atoms with Gasteiger partial charge in [-0.15, -0.1) is 0 Å². The van der Waals surface area contributed by atoms with Crippen LogP contribution >= 0.6 is 0 Å². The van der Waals surface area contributed by atoms with E-state index in [1.807, 2.05) is 0 Å². The van der Waals surface area contributed by atoms with Crippen LogP contribution in [0.25, 0.3) is 0 Å². The Kier molecular flexibility index (Phi) is 2.30. The van der Waals surface area contributed by atoms with Crippen LogP contribution in [0, 0.1) is 11.3 Å². The fourth-order valence-corrected chi connectivity index (χ4v) is 0.0690. The number of rotatable bonds is 1. The predicted molar refractivity (Wildman–Crippen MR) is 16.2 cm³/mol. The smallest absolute Gasteiger partial charge is 0.209 e. The van der Waals surface area contributed by atoms with Gasteiger partial charge in [-0.2, -0.15) is 5.26 Å². The van der Waals surface area contributed by atoms with E-state index in [1.165, 1.54) is 6.07 Å². The Morgan fingerprint density at radius 2 is 2.17 bits per heavy atom. The van der Waals surface area contributed by atoms with Gasteiger partial charge in [-0.1, -0.05) is 0 Å². The monoisotopic (exact) mass is 91.0 g/mol. The number of hydrogen-bond acceptors (Lipinski definition) is 1. The van der Waals surface area contributed by atoms with Gasteiger partial charge in [-0.3, -0.25) is 0 Å². The van der Waals surface area contributed by atoms with E-state index in [4.69, 9.17) is 5.26 Å². The zero-order chi connectivity index (χ0) is 4.99. The number of nitriles is 1. The minimum atomic E-state index is -2.46. The molecule has 0 aliphatic carbocycles. The summed E-state index contributed by atoms with van der Waals surface area (Å²) in [5.74, 6) is 0. The molecule has 0 amide bonds. The first-order chi connectivity index (χ1) is 2.77. The summed E-state index contributed by atoms with van der Waals surface area (Å²) in [6, 6.07) is 1.32. The fourth-order valence-electron chi connectivity index (χ4n) is 0.0690. The molecular formula is C3H3F2N. The third-order valence-corrected chi connectivity index (χ3v) is 0.246. The van der Waals surface area contributed by atoms with Crippen LogP contribution in [0.3, 0.4) is 0 Å². The van der Waals surface area contributed by atoms with Crippen LogP contribution < -0.4 is 0 Å². The normalized spacial score (nSPS) is 8.33. The molecule has 0 aliphatic rings. The van der Waals surface area contributed by atoms with E-state index in [1.54, 1.807) is 0 Å². The lowest BCUT2D eigenvalue weighted by Gasteiger charge is -1.79. The topological polar surface area (TPSA) is 23.8 Å². The summed E-state index contributed by atoms with van der Waals surface area (Å²) in [5, 5.41) is 7.51. The van der Waals surface area contributed by atoms with Gasteiger partial charge >= 0.3 is 0 Å². The van der Waals surface area contributed by atoms with Crippen molar-refractivity contribution in [1.82, 2.24) is 0 Å². The van der Waals surface area contributed by atoms with Crippen LogP contribution in [-0.4, -0.2) is 6.43 Å². The maximum atomic E-state index is 10.8. The highest BCUT2D eigenvalue weighted by atomic mass is 19.3. The summed E-state index contributed by atoms with van der Waals surface area (Å²) in [6.07, 6.45) is -3.12. The lowest BCUT2D eigenvalue weighted by atomic mass is 10.5. The Bertz CT molecular complexity index is 63.7. The first-order valence-electron chi connectivity index (χ1n) is 1.42. The Balaban J connectivity index is 2.88. The second-order valence-corrected chi connectivity index (χ2v) is 0.753. The summed E-state index contributed by atoms with van der Waals surface area (Å²) < 4.78 is 21.6. The Hall–Kier alpha value is -0.650. The maximum absolute atomic E-state index is 10.8. The molecule has 34 valence electrons. The summed E-state index contributed by atoms with van der Waals surface area (Å²) in [4.78, 5) is 0. The molecule has 0 bridgehead atoms. The van der Waals surface area contributed by atoms with E-state index in [2.05, 4.69) is 0 Å². The van der Waals surface area contributed by atoms with Gasteiger partial charge in [0.15, 0.2) is 0 Å². The molecule has 0 N–H and O–H groups in total. The van der Waals surface area contributed by atoms with Gasteiger partial charge in [0.1, 0.15) is 0 Å². The Morgan fingerprint density at radius 1 is 1.67 bits per heavy atom. The van der Waals surface area contributed by atoms with Crippen molar-refractivity contribution in [3.8, 4) is 6.07 Å². The molecule has 0 atom stereocenters. The minimum Gasteiger partial charge on any atom is -0.209 e. The first-order valence-corrected chi connectivity index (χ1v) is 1.42. The van der Waals surface area contributed by atoms with Crippen molar-refractivity contribution < 1.29 is 8.78 Å². The van der Waals surface area contributed by atoms with Crippen molar-refractivity contribution in [1.29, 1.82) is 5.26 Å². The number of hydrogen-bond donors (Lipinski definition) is 0. The van der Waals surface area contributed by atoms with Crippen LogP contribution in [0.5, 0.6) is 0 Å². The SMILES string of the molecule is N#CCC(F)F. The summed E-state index contributed by atoms with van der Waals surface area (Å²) >= 11 is 0.